The summed E-state index contributed by atoms with van der Waals surface area (Å²) in [5.41, 5.74) is 7.85. The van der Waals surface area contributed by atoms with Gasteiger partial charge in [-0.2, -0.15) is 0 Å². The Bertz CT molecular complexity index is 452. The first-order valence-corrected chi connectivity index (χ1v) is 7.17. The van der Waals surface area contributed by atoms with E-state index in [-0.39, 0.29) is 5.97 Å². The molecule has 1 unspecified atom stereocenters. The van der Waals surface area contributed by atoms with E-state index in [1.165, 1.54) is 18.4 Å². The number of nitrogen functional groups attached to an aromatic ring is 1. The molecule has 1 atom stereocenters. The van der Waals surface area contributed by atoms with Crippen molar-refractivity contribution in [3.63, 3.8) is 0 Å². The highest BCUT2D eigenvalue weighted by atomic mass is 32.1. The van der Waals surface area contributed by atoms with Crippen LogP contribution in [0.1, 0.15) is 54.3 Å². The molecule has 0 radical (unpaired) electrons. The van der Waals surface area contributed by atoms with Gasteiger partial charge in [0.15, 0.2) is 0 Å². The zero-order valence-corrected chi connectivity index (χ0v) is 11.9. The van der Waals surface area contributed by atoms with Gasteiger partial charge in [0, 0.05) is 11.6 Å². The second kappa shape index (κ2) is 5.18. The van der Waals surface area contributed by atoms with Crippen molar-refractivity contribution in [1.82, 2.24) is 0 Å². The summed E-state index contributed by atoms with van der Waals surface area (Å²) in [7, 11) is 1.39. The molecule has 0 bridgehead atoms. The molecule has 1 aromatic rings. The Morgan fingerprint density at radius 1 is 1.61 bits per heavy atom. The van der Waals surface area contributed by atoms with Gasteiger partial charge in [0.05, 0.1) is 17.8 Å². The minimum Gasteiger partial charge on any atom is -0.465 e. The van der Waals surface area contributed by atoms with Crippen LogP contribution in [0.25, 0.3) is 0 Å². The molecule has 18 heavy (non-hydrogen) atoms. The third-order valence-electron chi connectivity index (χ3n) is 3.33. The predicted octanol–water partition coefficient (Wildman–Crippen LogP) is 3.20. The zero-order chi connectivity index (χ0) is 13.3. The lowest BCUT2D eigenvalue weighted by atomic mass is 10.1. The highest BCUT2D eigenvalue weighted by Gasteiger charge is 2.33. The summed E-state index contributed by atoms with van der Waals surface area (Å²) in [5.74, 6) is 0.183. The number of ether oxygens (including phenoxy) is 1. The molecule has 1 heterocycles. The lowest BCUT2D eigenvalue weighted by molar-refractivity contribution is 0.0607. The van der Waals surface area contributed by atoms with Crippen LogP contribution >= 0.6 is 11.3 Å². The summed E-state index contributed by atoms with van der Waals surface area (Å²) in [6.45, 7) is 4.26. The summed E-state index contributed by atoms with van der Waals surface area (Å²) in [5, 5.41) is 4.50. The van der Waals surface area contributed by atoms with Gasteiger partial charge in [-0.3, -0.25) is 0 Å². The van der Waals surface area contributed by atoms with Crippen molar-refractivity contribution in [2.24, 2.45) is 0 Å². The molecule has 1 saturated carbocycles. The van der Waals surface area contributed by atoms with Crippen molar-refractivity contribution in [2.75, 3.05) is 18.2 Å². The number of rotatable bonds is 5. The molecule has 1 aromatic heterocycles. The van der Waals surface area contributed by atoms with Gasteiger partial charge >= 0.3 is 5.97 Å². The summed E-state index contributed by atoms with van der Waals surface area (Å²) < 4.78 is 4.78. The van der Waals surface area contributed by atoms with Gasteiger partial charge in [0.25, 0.3) is 0 Å². The number of hydrogen-bond donors (Lipinski definition) is 2. The lowest BCUT2D eigenvalue weighted by Gasteiger charge is -2.13. The Labute approximate surface area is 112 Å². The molecule has 100 valence electrons. The molecule has 1 aliphatic rings. The van der Waals surface area contributed by atoms with E-state index in [1.807, 2.05) is 0 Å². The van der Waals surface area contributed by atoms with Gasteiger partial charge in [-0.1, -0.05) is 6.92 Å². The Balaban J connectivity index is 2.34. The van der Waals surface area contributed by atoms with E-state index in [0.29, 0.717) is 22.5 Å². The van der Waals surface area contributed by atoms with Crippen LogP contribution in [0.2, 0.25) is 0 Å². The first kappa shape index (κ1) is 13.2. The van der Waals surface area contributed by atoms with Crippen LogP contribution < -0.4 is 11.1 Å². The average molecular weight is 268 g/mol. The summed E-state index contributed by atoms with van der Waals surface area (Å²) in [6.07, 6.45) is 3.36. The fraction of sp³-hybridized carbons (Fsp3) is 0.615. The highest BCUT2D eigenvalue weighted by Crippen LogP contribution is 2.51. The number of thiophene rings is 1. The molecule has 0 amide bonds. The van der Waals surface area contributed by atoms with Crippen LogP contribution in [-0.4, -0.2) is 19.1 Å². The largest absolute Gasteiger partial charge is 0.465 e. The Hall–Kier alpha value is -1.23. The number of nitrogens with one attached hydrogen (secondary N) is 1. The molecule has 2 rings (SSSR count). The molecule has 0 aliphatic heterocycles. The molecular weight excluding hydrogens is 248 g/mol. The third-order valence-corrected chi connectivity index (χ3v) is 4.46. The topological polar surface area (TPSA) is 64.3 Å². The van der Waals surface area contributed by atoms with Crippen molar-refractivity contribution in [3.05, 3.63) is 10.4 Å². The normalized spacial score (nSPS) is 16.4. The number of methoxy groups -OCH3 is 1. The number of hydrogen-bond acceptors (Lipinski definition) is 5. The standard InChI is InChI=1S/C13H20N2O2S/c1-4-7(2)15-12-9(8-5-6-8)10(14)11(18-12)13(16)17-3/h7-8,15H,4-6,14H2,1-3H3. The second-order valence-corrected chi connectivity index (χ2v) is 5.83. The van der Waals surface area contributed by atoms with Crippen LogP contribution in [0.3, 0.4) is 0 Å². The van der Waals surface area contributed by atoms with E-state index in [1.54, 1.807) is 0 Å². The van der Waals surface area contributed by atoms with Crippen molar-refractivity contribution in [1.29, 1.82) is 0 Å². The molecule has 0 aromatic carbocycles. The molecule has 0 spiro atoms. The van der Waals surface area contributed by atoms with Crippen molar-refractivity contribution in [2.45, 2.75) is 45.1 Å². The number of nitrogens with two attached hydrogens (primary N) is 1. The van der Waals surface area contributed by atoms with Gasteiger partial charge < -0.3 is 15.8 Å². The van der Waals surface area contributed by atoms with E-state index in [0.717, 1.165) is 29.8 Å². The molecule has 3 N–H and O–H groups in total. The number of anilines is 2. The van der Waals surface area contributed by atoms with Gasteiger partial charge in [-0.15, -0.1) is 11.3 Å². The van der Waals surface area contributed by atoms with E-state index in [4.69, 9.17) is 10.5 Å². The first-order chi connectivity index (χ1) is 8.58. The van der Waals surface area contributed by atoms with Crippen LogP contribution in [0.5, 0.6) is 0 Å². The maximum absolute atomic E-state index is 11.7. The monoisotopic (exact) mass is 268 g/mol. The number of esters is 1. The zero-order valence-electron chi connectivity index (χ0n) is 11.1. The van der Waals surface area contributed by atoms with Crippen LogP contribution in [0, 0.1) is 0 Å². The fourth-order valence-corrected chi connectivity index (χ4v) is 3.15. The van der Waals surface area contributed by atoms with Gasteiger partial charge in [0.2, 0.25) is 0 Å². The lowest BCUT2D eigenvalue weighted by Crippen LogP contribution is -2.13. The minimum absolute atomic E-state index is 0.336. The highest BCUT2D eigenvalue weighted by molar-refractivity contribution is 7.18. The molecule has 0 saturated heterocycles. The van der Waals surface area contributed by atoms with Crippen molar-refractivity contribution in [3.8, 4) is 0 Å². The van der Waals surface area contributed by atoms with E-state index in [9.17, 15) is 4.79 Å². The van der Waals surface area contributed by atoms with Crippen LogP contribution in [0.4, 0.5) is 10.7 Å². The van der Waals surface area contributed by atoms with Crippen molar-refractivity contribution < 1.29 is 9.53 Å². The van der Waals surface area contributed by atoms with E-state index < -0.39 is 0 Å². The van der Waals surface area contributed by atoms with E-state index >= 15 is 0 Å². The fourth-order valence-electron chi connectivity index (χ4n) is 1.91. The molecule has 4 nitrogen and oxygen atoms in total. The summed E-state index contributed by atoms with van der Waals surface area (Å²) in [4.78, 5) is 12.2. The van der Waals surface area contributed by atoms with Crippen LogP contribution in [0.15, 0.2) is 0 Å². The quantitative estimate of drug-likeness (QED) is 0.805. The smallest absolute Gasteiger partial charge is 0.350 e. The Kier molecular flexibility index (Phi) is 3.80. The molecule has 1 aliphatic carbocycles. The SMILES string of the molecule is CCC(C)Nc1sc(C(=O)OC)c(N)c1C1CC1. The molecule has 5 heteroatoms. The van der Waals surface area contributed by atoms with Gasteiger partial charge in [-0.05, 0) is 32.1 Å². The molecular formula is C13H20N2O2S. The molecule has 1 fully saturated rings. The maximum atomic E-state index is 11.7. The second-order valence-electron chi connectivity index (χ2n) is 4.81. The minimum atomic E-state index is -0.336. The summed E-state index contributed by atoms with van der Waals surface area (Å²) in [6, 6.07) is 0.381. The Morgan fingerprint density at radius 3 is 2.78 bits per heavy atom. The third kappa shape index (κ3) is 2.46. The Morgan fingerprint density at radius 2 is 2.28 bits per heavy atom. The van der Waals surface area contributed by atoms with Gasteiger partial charge in [-0.25, -0.2) is 4.79 Å². The summed E-state index contributed by atoms with van der Waals surface area (Å²) >= 11 is 1.42. The number of carbonyl (C=O) groups is 1. The predicted molar refractivity (Wildman–Crippen MR) is 75.4 cm³/mol. The van der Waals surface area contributed by atoms with Gasteiger partial charge in [0.1, 0.15) is 4.88 Å². The maximum Gasteiger partial charge on any atom is 0.350 e. The van der Waals surface area contributed by atoms with E-state index in [2.05, 4.69) is 19.2 Å². The average Bonchev–Trinajstić information content (AvgIpc) is 3.14. The van der Waals surface area contributed by atoms with Crippen LogP contribution in [-0.2, 0) is 4.74 Å². The first-order valence-electron chi connectivity index (χ1n) is 6.35. The number of carbonyl (C=O) groups excluding carboxylic acids is 1. The van der Waals surface area contributed by atoms with Crippen molar-refractivity contribution >= 4 is 28.0 Å².